The zero-order valence-electron chi connectivity index (χ0n) is 13.8. The van der Waals surface area contributed by atoms with Gasteiger partial charge in [-0.2, -0.15) is 4.98 Å². The zero-order valence-corrected chi connectivity index (χ0v) is 15.4. The van der Waals surface area contributed by atoms with E-state index in [1.807, 2.05) is 48.7 Å². The Hall–Kier alpha value is -2.65. The fraction of sp³-hybridized carbons (Fsp3) is 0.176. The average molecular weight is 386 g/mol. The topological polar surface area (TPSA) is 87.1 Å². The smallest absolute Gasteiger partial charge is 0.277 e. The van der Waals surface area contributed by atoms with Crippen LogP contribution < -0.4 is 4.74 Å². The molecule has 0 amide bonds. The SMILES string of the molecule is Cc1cccc(OCc2nnc(SCc3noc(-c4cccs4)n3)o2)c1. The Morgan fingerprint density at radius 3 is 3.00 bits per heavy atom. The van der Waals surface area contributed by atoms with Crippen LogP contribution in [0.25, 0.3) is 10.8 Å². The summed E-state index contributed by atoms with van der Waals surface area (Å²) in [4.78, 5) is 5.30. The summed E-state index contributed by atoms with van der Waals surface area (Å²) in [5, 5.41) is 14.4. The Balaban J connectivity index is 1.31. The van der Waals surface area contributed by atoms with Crippen molar-refractivity contribution in [1.29, 1.82) is 0 Å². The Morgan fingerprint density at radius 1 is 1.19 bits per heavy atom. The molecule has 0 spiro atoms. The highest BCUT2D eigenvalue weighted by Crippen LogP contribution is 2.25. The molecule has 0 aliphatic carbocycles. The van der Waals surface area contributed by atoms with Gasteiger partial charge in [-0.05, 0) is 36.1 Å². The quantitative estimate of drug-likeness (QED) is 0.433. The van der Waals surface area contributed by atoms with E-state index < -0.39 is 0 Å². The summed E-state index contributed by atoms with van der Waals surface area (Å²) in [6, 6.07) is 11.7. The molecule has 0 saturated heterocycles. The van der Waals surface area contributed by atoms with Gasteiger partial charge < -0.3 is 13.7 Å². The molecule has 7 nitrogen and oxygen atoms in total. The predicted octanol–water partition coefficient (Wildman–Crippen LogP) is 4.36. The fourth-order valence-electron chi connectivity index (χ4n) is 2.14. The first-order valence-electron chi connectivity index (χ1n) is 7.77. The van der Waals surface area contributed by atoms with Gasteiger partial charge in [0.05, 0.1) is 10.6 Å². The lowest BCUT2D eigenvalue weighted by Crippen LogP contribution is -1.95. The summed E-state index contributed by atoms with van der Waals surface area (Å²) in [5.74, 6) is 2.77. The molecular weight excluding hydrogens is 372 g/mol. The summed E-state index contributed by atoms with van der Waals surface area (Å²) in [6.07, 6.45) is 0. The van der Waals surface area contributed by atoms with Crippen LogP contribution in [0, 0.1) is 6.92 Å². The van der Waals surface area contributed by atoms with Gasteiger partial charge in [-0.15, -0.1) is 21.5 Å². The zero-order chi connectivity index (χ0) is 17.8. The summed E-state index contributed by atoms with van der Waals surface area (Å²) in [5.41, 5.74) is 1.13. The van der Waals surface area contributed by atoms with Crippen molar-refractivity contribution in [3.63, 3.8) is 0 Å². The number of thiophene rings is 1. The molecule has 132 valence electrons. The number of thioether (sulfide) groups is 1. The van der Waals surface area contributed by atoms with Crippen LogP contribution in [-0.2, 0) is 12.4 Å². The fourth-order valence-corrected chi connectivity index (χ4v) is 3.41. The second kappa shape index (κ2) is 7.71. The number of ether oxygens (including phenoxy) is 1. The first-order valence-corrected chi connectivity index (χ1v) is 9.64. The van der Waals surface area contributed by atoms with Crippen molar-refractivity contribution in [2.24, 2.45) is 0 Å². The molecule has 0 aliphatic heterocycles. The number of aromatic nitrogens is 4. The lowest BCUT2D eigenvalue weighted by atomic mass is 10.2. The molecule has 0 bridgehead atoms. The van der Waals surface area contributed by atoms with Crippen LogP contribution in [0.2, 0.25) is 0 Å². The van der Waals surface area contributed by atoms with Crippen molar-refractivity contribution in [2.45, 2.75) is 24.5 Å². The summed E-state index contributed by atoms with van der Waals surface area (Å²) < 4.78 is 16.5. The van der Waals surface area contributed by atoms with E-state index in [0.29, 0.717) is 28.6 Å². The molecule has 0 fully saturated rings. The van der Waals surface area contributed by atoms with Crippen molar-refractivity contribution in [1.82, 2.24) is 20.3 Å². The van der Waals surface area contributed by atoms with Crippen LogP contribution in [0.5, 0.6) is 5.75 Å². The van der Waals surface area contributed by atoms with Gasteiger partial charge in [-0.1, -0.05) is 35.1 Å². The van der Waals surface area contributed by atoms with Crippen LogP contribution in [0.15, 0.2) is 55.9 Å². The molecule has 0 saturated carbocycles. The maximum atomic E-state index is 5.65. The molecule has 3 heterocycles. The third-order valence-corrected chi connectivity index (χ3v) is 5.00. The molecule has 0 atom stereocenters. The van der Waals surface area contributed by atoms with Gasteiger partial charge in [0, 0.05) is 0 Å². The minimum Gasteiger partial charge on any atom is -0.484 e. The van der Waals surface area contributed by atoms with E-state index in [1.54, 1.807) is 11.3 Å². The van der Waals surface area contributed by atoms with Gasteiger partial charge in [-0.3, -0.25) is 0 Å². The monoisotopic (exact) mass is 386 g/mol. The van der Waals surface area contributed by atoms with Gasteiger partial charge in [-0.25, -0.2) is 0 Å². The van der Waals surface area contributed by atoms with Crippen LogP contribution in [-0.4, -0.2) is 20.3 Å². The molecule has 1 aromatic carbocycles. The van der Waals surface area contributed by atoms with Crippen molar-refractivity contribution in [2.75, 3.05) is 0 Å². The Labute approximate surface area is 157 Å². The molecule has 9 heteroatoms. The van der Waals surface area contributed by atoms with Crippen LogP contribution >= 0.6 is 23.1 Å². The molecule has 0 N–H and O–H groups in total. The average Bonchev–Trinajstić information content (AvgIpc) is 3.39. The standard InChI is InChI=1S/C17H14N4O3S2/c1-11-4-2-5-12(8-11)22-9-15-19-20-17(23-15)26-10-14-18-16(24-21-14)13-6-3-7-25-13/h2-8H,9-10H2,1H3. The van der Waals surface area contributed by atoms with E-state index in [9.17, 15) is 0 Å². The highest BCUT2D eigenvalue weighted by Gasteiger charge is 2.13. The van der Waals surface area contributed by atoms with Crippen molar-refractivity contribution in [3.8, 4) is 16.5 Å². The number of hydrogen-bond donors (Lipinski definition) is 0. The Morgan fingerprint density at radius 2 is 2.15 bits per heavy atom. The molecule has 0 radical (unpaired) electrons. The number of rotatable bonds is 7. The largest absolute Gasteiger partial charge is 0.484 e. The van der Waals surface area contributed by atoms with E-state index in [1.165, 1.54) is 11.8 Å². The number of hydrogen-bond acceptors (Lipinski definition) is 9. The molecule has 4 aromatic rings. The van der Waals surface area contributed by atoms with E-state index in [4.69, 9.17) is 13.7 Å². The van der Waals surface area contributed by atoms with E-state index in [-0.39, 0.29) is 6.61 Å². The maximum Gasteiger partial charge on any atom is 0.277 e. The molecular formula is C17H14N4O3S2. The lowest BCUT2D eigenvalue weighted by molar-refractivity contribution is 0.252. The molecule has 26 heavy (non-hydrogen) atoms. The van der Waals surface area contributed by atoms with Gasteiger partial charge >= 0.3 is 0 Å². The van der Waals surface area contributed by atoms with E-state index >= 15 is 0 Å². The lowest BCUT2D eigenvalue weighted by Gasteiger charge is -2.03. The van der Waals surface area contributed by atoms with Gasteiger partial charge in [0.25, 0.3) is 17.0 Å². The third kappa shape index (κ3) is 4.12. The minimum atomic E-state index is 0.224. The summed E-state index contributed by atoms with van der Waals surface area (Å²) in [6.45, 7) is 2.23. The first kappa shape index (κ1) is 16.8. The van der Waals surface area contributed by atoms with Gasteiger partial charge in [0.1, 0.15) is 5.75 Å². The Bertz CT molecular complexity index is 981. The summed E-state index contributed by atoms with van der Waals surface area (Å²) >= 11 is 2.91. The Kier molecular flexibility index (Phi) is 4.98. The second-order valence-corrected chi connectivity index (χ2v) is 7.22. The van der Waals surface area contributed by atoms with Crippen LogP contribution in [0.3, 0.4) is 0 Å². The molecule has 4 rings (SSSR count). The number of nitrogens with zero attached hydrogens (tertiary/aromatic N) is 4. The highest BCUT2D eigenvalue weighted by atomic mass is 32.2. The number of aryl methyl sites for hydroxylation is 1. The van der Waals surface area contributed by atoms with Crippen molar-refractivity contribution >= 4 is 23.1 Å². The maximum absolute atomic E-state index is 5.65. The predicted molar refractivity (Wildman–Crippen MR) is 97.0 cm³/mol. The highest BCUT2D eigenvalue weighted by molar-refractivity contribution is 7.98. The van der Waals surface area contributed by atoms with E-state index in [0.717, 1.165) is 16.2 Å². The van der Waals surface area contributed by atoms with Crippen molar-refractivity contribution in [3.05, 3.63) is 59.1 Å². The normalized spacial score (nSPS) is 11.0. The van der Waals surface area contributed by atoms with E-state index in [2.05, 4.69) is 20.3 Å². The second-order valence-electron chi connectivity index (χ2n) is 5.35. The van der Waals surface area contributed by atoms with Crippen molar-refractivity contribution < 1.29 is 13.7 Å². The van der Waals surface area contributed by atoms with Crippen LogP contribution in [0.1, 0.15) is 17.3 Å². The third-order valence-electron chi connectivity index (χ3n) is 3.32. The molecule has 0 unspecified atom stereocenters. The molecule has 3 aromatic heterocycles. The first-order chi connectivity index (χ1) is 12.8. The summed E-state index contributed by atoms with van der Waals surface area (Å²) in [7, 11) is 0. The van der Waals surface area contributed by atoms with Crippen LogP contribution in [0.4, 0.5) is 0 Å². The molecule has 0 aliphatic rings. The van der Waals surface area contributed by atoms with Gasteiger partial charge in [0.2, 0.25) is 0 Å². The van der Waals surface area contributed by atoms with Gasteiger partial charge in [0.15, 0.2) is 12.4 Å². The minimum absolute atomic E-state index is 0.224. The number of benzene rings is 1.